The number of nitro benzene ring substituents is 2. The number of nitro groups is 2. The van der Waals surface area contributed by atoms with E-state index in [9.17, 15) is 28.6 Å². The van der Waals surface area contributed by atoms with E-state index >= 15 is 0 Å². The minimum Gasteiger partial charge on any atom is -0.359 e. The van der Waals surface area contributed by atoms with Crippen LogP contribution in [0.3, 0.4) is 0 Å². The lowest BCUT2D eigenvalue weighted by Gasteiger charge is -2.04. The molecule has 0 radical (unpaired) electrons. The molecule has 1 heterocycles. The molecule has 11 nitrogen and oxygen atoms in total. The van der Waals surface area contributed by atoms with Gasteiger partial charge in [0, 0.05) is 35.9 Å². The second-order valence-electron chi connectivity index (χ2n) is 5.56. The van der Waals surface area contributed by atoms with Crippen LogP contribution in [-0.4, -0.2) is 23.4 Å². The number of nitrogens with zero attached hydrogens (tertiary/aromatic N) is 3. The maximum atomic E-state index is 12.3. The van der Waals surface area contributed by atoms with Crippen molar-refractivity contribution in [2.45, 2.75) is 11.4 Å². The van der Waals surface area contributed by atoms with E-state index in [1.807, 2.05) is 0 Å². The lowest BCUT2D eigenvalue weighted by atomic mass is 10.1. The van der Waals surface area contributed by atoms with Gasteiger partial charge in [-0.15, -0.1) is 0 Å². The van der Waals surface area contributed by atoms with Crippen molar-refractivity contribution >= 4 is 21.4 Å². The second kappa shape index (κ2) is 7.54. The van der Waals surface area contributed by atoms with Crippen LogP contribution in [0, 0.1) is 20.2 Å². The summed E-state index contributed by atoms with van der Waals surface area (Å²) in [4.78, 5) is 20.0. The Hall–Kier alpha value is -3.64. The van der Waals surface area contributed by atoms with Gasteiger partial charge in [0.05, 0.1) is 21.3 Å². The van der Waals surface area contributed by atoms with Crippen molar-refractivity contribution in [3.8, 4) is 11.3 Å². The Bertz CT molecular complexity index is 1120. The summed E-state index contributed by atoms with van der Waals surface area (Å²) < 4.78 is 31.9. The van der Waals surface area contributed by atoms with Gasteiger partial charge in [0.15, 0.2) is 5.76 Å². The molecule has 0 aliphatic heterocycles. The molecular weight excluding hydrogens is 392 g/mol. The molecule has 12 heteroatoms. The first-order valence-corrected chi connectivity index (χ1v) is 9.19. The molecule has 0 atom stereocenters. The maximum Gasteiger partial charge on any atom is 0.269 e. The molecule has 0 bridgehead atoms. The van der Waals surface area contributed by atoms with Crippen LogP contribution in [0.2, 0.25) is 0 Å². The molecule has 0 saturated heterocycles. The highest BCUT2D eigenvalue weighted by molar-refractivity contribution is 7.89. The summed E-state index contributed by atoms with van der Waals surface area (Å²) in [6.07, 6.45) is 0. The van der Waals surface area contributed by atoms with Gasteiger partial charge in [-0.1, -0.05) is 5.16 Å². The molecule has 1 N–H and O–H groups in total. The van der Waals surface area contributed by atoms with Crippen molar-refractivity contribution in [1.29, 1.82) is 0 Å². The second-order valence-corrected chi connectivity index (χ2v) is 7.32. The molecule has 0 saturated carbocycles. The smallest absolute Gasteiger partial charge is 0.269 e. The number of hydrogen-bond acceptors (Lipinski definition) is 8. The van der Waals surface area contributed by atoms with E-state index < -0.39 is 19.9 Å². The highest BCUT2D eigenvalue weighted by Crippen LogP contribution is 2.22. The minimum atomic E-state index is -3.91. The number of nitrogens with one attached hydrogen (secondary N) is 1. The van der Waals surface area contributed by atoms with Gasteiger partial charge in [-0.25, -0.2) is 13.1 Å². The van der Waals surface area contributed by atoms with Gasteiger partial charge < -0.3 is 4.52 Å². The highest BCUT2D eigenvalue weighted by atomic mass is 32.2. The molecule has 0 unspecified atom stereocenters. The standard InChI is InChI=1S/C16H12N4O7S/c21-19(22)12-3-1-11(2-4-12)16-9-14(27-18-16)10-17-28(25,26)15-7-5-13(6-8-15)20(23)24/h1-9,17H,10H2. The van der Waals surface area contributed by atoms with Gasteiger partial charge in [0.2, 0.25) is 10.0 Å². The number of rotatable bonds is 7. The van der Waals surface area contributed by atoms with E-state index in [2.05, 4.69) is 9.88 Å². The Morgan fingerprint density at radius 1 is 0.929 bits per heavy atom. The third-order valence-electron chi connectivity index (χ3n) is 3.73. The third-order valence-corrected chi connectivity index (χ3v) is 5.14. The van der Waals surface area contributed by atoms with Gasteiger partial charge >= 0.3 is 0 Å². The largest absolute Gasteiger partial charge is 0.359 e. The van der Waals surface area contributed by atoms with E-state index in [1.165, 1.54) is 30.3 Å². The van der Waals surface area contributed by atoms with Crippen LogP contribution in [-0.2, 0) is 16.6 Å². The zero-order valence-electron chi connectivity index (χ0n) is 14.0. The molecule has 0 amide bonds. The first-order valence-electron chi connectivity index (χ1n) is 7.71. The Morgan fingerprint density at radius 2 is 1.46 bits per heavy atom. The maximum absolute atomic E-state index is 12.3. The van der Waals surface area contributed by atoms with Crippen molar-refractivity contribution in [3.63, 3.8) is 0 Å². The topological polar surface area (TPSA) is 158 Å². The monoisotopic (exact) mass is 404 g/mol. The molecule has 3 rings (SSSR count). The van der Waals surface area contributed by atoms with Gasteiger partial charge in [-0.05, 0) is 24.3 Å². The summed E-state index contributed by atoms with van der Waals surface area (Å²) in [5, 5.41) is 25.1. The fourth-order valence-corrected chi connectivity index (χ4v) is 3.28. The molecule has 3 aromatic rings. The minimum absolute atomic E-state index is 0.0664. The fourth-order valence-electron chi connectivity index (χ4n) is 2.28. The normalized spacial score (nSPS) is 11.3. The zero-order valence-corrected chi connectivity index (χ0v) is 14.8. The van der Waals surface area contributed by atoms with Crippen LogP contribution in [0.1, 0.15) is 5.76 Å². The quantitative estimate of drug-likeness (QED) is 0.465. The first kappa shape index (κ1) is 19.1. The first-order chi connectivity index (χ1) is 13.3. The van der Waals surface area contributed by atoms with Crippen molar-refractivity contribution in [2.24, 2.45) is 0 Å². The van der Waals surface area contributed by atoms with E-state index in [0.717, 1.165) is 24.3 Å². The van der Waals surface area contributed by atoms with Crippen LogP contribution in [0.15, 0.2) is 64.0 Å². The Labute approximate surface area is 157 Å². The Kier molecular flexibility index (Phi) is 5.15. The summed E-state index contributed by atoms with van der Waals surface area (Å²) in [6.45, 7) is -0.195. The molecule has 0 spiro atoms. The van der Waals surface area contributed by atoms with Crippen molar-refractivity contribution in [3.05, 3.63) is 80.6 Å². The SMILES string of the molecule is O=[N+]([O-])c1ccc(-c2cc(CNS(=O)(=O)c3ccc([N+](=O)[O-])cc3)on2)cc1. The van der Waals surface area contributed by atoms with Crippen LogP contribution in [0.25, 0.3) is 11.3 Å². The molecule has 1 aromatic heterocycles. The number of hydrogen-bond donors (Lipinski definition) is 1. The highest BCUT2D eigenvalue weighted by Gasteiger charge is 2.17. The van der Waals surface area contributed by atoms with Crippen LogP contribution < -0.4 is 4.72 Å². The van der Waals surface area contributed by atoms with Crippen molar-refractivity contribution < 1.29 is 22.8 Å². The summed E-state index contributed by atoms with van der Waals surface area (Å²) in [5.74, 6) is 0.221. The average molecular weight is 404 g/mol. The van der Waals surface area contributed by atoms with Crippen molar-refractivity contribution in [2.75, 3.05) is 0 Å². The van der Waals surface area contributed by atoms with Crippen LogP contribution >= 0.6 is 0 Å². The molecule has 0 aliphatic rings. The van der Waals surface area contributed by atoms with Crippen LogP contribution in [0.4, 0.5) is 11.4 Å². The Morgan fingerprint density at radius 3 is 2.00 bits per heavy atom. The van der Waals surface area contributed by atoms with Gasteiger partial charge in [-0.2, -0.15) is 0 Å². The van der Waals surface area contributed by atoms with E-state index in [0.29, 0.717) is 11.3 Å². The average Bonchev–Trinajstić information content (AvgIpc) is 3.16. The Balaban J connectivity index is 1.69. The van der Waals surface area contributed by atoms with E-state index in [4.69, 9.17) is 4.52 Å². The summed E-state index contributed by atoms with van der Waals surface area (Å²) in [7, 11) is -3.91. The number of non-ortho nitro benzene ring substituents is 2. The molecule has 0 aliphatic carbocycles. The van der Waals surface area contributed by atoms with Crippen LogP contribution in [0.5, 0.6) is 0 Å². The third kappa shape index (κ3) is 4.19. The number of aromatic nitrogens is 1. The van der Waals surface area contributed by atoms with Gasteiger partial charge in [-0.3, -0.25) is 20.2 Å². The lowest BCUT2D eigenvalue weighted by molar-refractivity contribution is -0.385. The molecule has 144 valence electrons. The predicted molar refractivity (Wildman–Crippen MR) is 95.7 cm³/mol. The number of sulfonamides is 1. The lowest BCUT2D eigenvalue weighted by Crippen LogP contribution is -2.22. The predicted octanol–water partition coefficient (Wildman–Crippen LogP) is 2.64. The van der Waals surface area contributed by atoms with Crippen molar-refractivity contribution in [1.82, 2.24) is 9.88 Å². The zero-order chi connectivity index (χ0) is 20.3. The van der Waals surface area contributed by atoms with Gasteiger partial charge in [0.1, 0.15) is 5.69 Å². The molecule has 2 aromatic carbocycles. The summed E-state index contributed by atoms with van der Waals surface area (Å²) in [6, 6.07) is 11.6. The number of benzene rings is 2. The van der Waals surface area contributed by atoms with E-state index in [-0.39, 0.29) is 28.6 Å². The molecular formula is C16H12N4O7S. The fraction of sp³-hybridized carbons (Fsp3) is 0.0625. The summed E-state index contributed by atoms with van der Waals surface area (Å²) >= 11 is 0. The van der Waals surface area contributed by atoms with Gasteiger partial charge in [0.25, 0.3) is 11.4 Å². The molecule has 0 fully saturated rings. The van der Waals surface area contributed by atoms with E-state index in [1.54, 1.807) is 0 Å². The summed E-state index contributed by atoms with van der Waals surface area (Å²) in [5.41, 5.74) is 0.670. The molecule has 28 heavy (non-hydrogen) atoms.